The first-order valence-electron chi connectivity index (χ1n) is 11.8. The molecule has 1 saturated heterocycles. The molecule has 168 valence electrons. The highest BCUT2D eigenvalue weighted by molar-refractivity contribution is 7.12. The molecule has 1 saturated carbocycles. The van der Waals surface area contributed by atoms with Crippen LogP contribution >= 0.6 is 11.3 Å². The predicted octanol–water partition coefficient (Wildman–Crippen LogP) is 4.72. The van der Waals surface area contributed by atoms with E-state index in [1.165, 1.54) is 10.4 Å². The highest BCUT2D eigenvalue weighted by Crippen LogP contribution is 2.46. The van der Waals surface area contributed by atoms with Crippen LogP contribution in [0, 0.1) is 11.8 Å². The molecule has 0 bridgehead atoms. The van der Waals surface area contributed by atoms with Crippen molar-refractivity contribution >= 4 is 17.4 Å². The standard InChI is InChI=1S/C24H38N2O3S/c1-5-20-12-21-22(30-20)6-9-29-24(21)7-8-26(17(4)13-24)14-18-10-19(11-18)25-23(27)28-15-16(2)3/h12,16-19H,5-11,13-15H2,1-4H3,(H,25,27)/t17-,18?,19?,24+/m0/s1. The fraction of sp³-hybridized carbons (Fsp3) is 0.792. The maximum absolute atomic E-state index is 11.8. The summed E-state index contributed by atoms with van der Waals surface area (Å²) in [6.45, 7) is 12.3. The molecule has 30 heavy (non-hydrogen) atoms. The average Bonchev–Trinajstić information content (AvgIpc) is 3.11. The van der Waals surface area contributed by atoms with Gasteiger partial charge < -0.3 is 19.7 Å². The zero-order valence-corrected chi connectivity index (χ0v) is 19.9. The molecule has 6 heteroatoms. The number of nitrogens with zero attached hydrogens (tertiary/aromatic N) is 1. The fourth-order valence-electron chi connectivity index (χ4n) is 5.33. The van der Waals surface area contributed by atoms with Crippen LogP contribution < -0.4 is 5.32 Å². The van der Waals surface area contributed by atoms with E-state index in [1.54, 1.807) is 4.88 Å². The van der Waals surface area contributed by atoms with Crippen molar-refractivity contribution in [2.45, 2.75) is 83.9 Å². The molecule has 0 unspecified atom stereocenters. The van der Waals surface area contributed by atoms with Crippen LogP contribution in [0.4, 0.5) is 4.79 Å². The minimum atomic E-state index is -0.257. The molecule has 2 aliphatic heterocycles. The molecule has 2 atom stereocenters. The topological polar surface area (TPSA) is 50.8 Å². The number of hydrogen-bond donors (Lipinski definition) is 1. The molecule has 1 aliphatic carbocycles. The number of alkyl carbamates (subject to hydrolysis) is 1. The minimum absolute atomic E-state index is 0.0582. The summed E-state index contributed by atoms with van der Waals surface area (Å²) in [5.74, 6) is 1.05. The van der Waals surface area contributed by atoms with Crippen LogP contribution in [0.15, 0.2) is 6.07 Å². The average molecular weight is 435 g/mol. The normalized spacial score (nSPS) is 31.4. The van der Waals surface area contributed by atoms with Crippen molar-refractivity contribution in [1.82, 2.24) is 10.2 Å². The van der Waals surface area contributed by atoms with E-state index in [0.29, 0.717) is 24.5 Å². The zero-order valence-electron chi connectivity index (χ0n) is 19.0. The van der Waals surface area contributed by atoms with Crippen LogP contribution in [-0.2, 0) is 27.9 Å². The first-order chi connectivity index (χ1) is 14.4. The van der Waals surface area contributed by atoms with Gasteiger partial charge in [-0.15, -0.1) is 11.3 Å². The van der Waals surface area contributed by atoms with E-state index in [1.807, 2.05) is 11.3 Å². The lowest BCUT2D eigenvalue weighted by molar-refractivity contribution is -0.114. The number of fused-ring (bicyclic) bond motifs is 2. The van der Waals surface area contributed by atoms with E-state index in [0.717, 1.165) is 58.2 Å². The van der Waals surface area contributed by atoms with Crippen molar-refractivity contribution in [3.63, 3.8) is 0 Å². The lowest BCUT2D eigenvalue weighted by Crippen LogP contribution is -2.54. The second kappa shape index (κ2) is 9.17. The SMILES string of the molecule is CCc1cc2c(s1)CCO[C@@]21CCN(CC2CC(NC(=O)OCC(C)C)C2)[C@@H](C)C1. The van der Waals surface area contributed by atoms with E-state index in [4.69, 9.17) is 9.47 Å². The highest BCUT2D eigenvalue weighted by atomic mass is 32.1. The van der Waals surface area contributed by atoms with Crippen molar-refractivity contribution < 1.29 is 14.3 Å². The Kier molecular flexibility index (Phi) is 6.76. The molecule has 1 amide bonds. The number of likely N-dealkylation sites (tertiary alicyclic amines) is 1. The maximum atomic E-state index is 11.8. The molecule has 3 aliphatic rings. The molecule has 1 N–H and O–H groups in total. The Morgan fingerprint density at radius 1 is 1.43 bits per heavy atom. The Morgan fingerprint density at radius 3 is 2.93 bits per heavy atom. The van der Waals surface area contributed by atoms with Gasteiger partial charge in [-0.2, -0.15) is 0 Å². The second-order valence-electron chi connectivity index (χ2n) is 9.96. The van der Waals surface area contributed by atoms with Crippen LogP contribution in [0.5, 0.6) is 0 Å². The zero-order chi connectivity index (χ0) is 21.3. The summed E-state index contributed by atoms with van der Waals surface area (Å²) < 4.78 is 11.7. The van der Waals surface area contributed by atoms with Crippen molar-refractivity contribution in [3.05, 3.63) is 21.4 Å². The van der Waals surface area contributed by atoms with Gasteiger partial charge in [-0.25, -0.2) is 4.79 Å². The first-order valence-corrected chi connectivity index (χ1v) is 12.6. The minimum Gasteiger partial charge on any atom is -0.449 e. The smallest absolute Gasteiger partial charge is 0.407 e. The van der Waals surface area contributed by atoms with Crippen LogP contribution in [0.3, 0.4) is 0 Å². The summed E-state index contributed by atoms with van der Waals surface area (Å²) in [5, 5.41) is 3.02. The predicted molar refractivity (Wildman–Crippen MR) is 121 cm³/mol. The molecule has 0 radical (unpaired) electrons. The Morgan fingerprint density at radius 2 is 2.23 bits per heavy atom. The van der Waals surface area contributed by atoms with Crippen LogP contribution in [0.2, 0.25) is 0 Å². The van der Waals surface area contributed by atoms with E-state index in [-0.39, 0.29) is 17.7 Å². The number of piperidine rings is 1. The molecular formula is C24H38N2O3S. The van der Waals surface area contributed by atoms with Crippen molar-refractivity contribution in [2.75, 3.05) is 26.3 Å². The molecule has 1 aromatic heterocycles. The molecular weight excluding hydrogens is 396 g/mol. The number of ether oxygens (including phenoxy) is 2. The summed E-state index contributed by atoms with van der Waals surface area (Å²) in [7, 11) is 0. The molecule has 0 aromatic carbocycles. The van der Waals surface area contributed by atoms with Gasteiger partial charge in [0.2, 0.25) is 0 Å². The van der Waals surface area contributed by atoms with E-state index < -0.39 is 0 Å². The summed E-state index contributed by atoms with van der Waals surface area (Å²) in [4.78, 5) is 17.6. The third-order valence-corrected chi connectivity index (χ3v) is 8.40. The van der Waals surface area contributed by atoms with Gasteiger partial charge in [0.15, 0.2) is 0 Å². The molecule has 3 heterocycles. The lowest BCUT2D eigenvalue weighted by atomic mass is 9.76. The first kappa shape index (κ1) is 22.1. The second-order valence-corrected chi connectivity index (χ2v) is 11.2. The quantitative estimate of drug-likeness (QED) is 0.704. The van der Waals surface area contributed by atoms with Crippen LogP contribution in [0.25, 0.3) is 0 Å². The van der Waals surface area contributed by atoms with E-state index in [2.05, 4.69) is 44.0 Å². The number of rotatable bonds is 6. The maximum Gasteiger partial charge on any atom is 0.407 e. The Balaban J connectivity index is 1.26. The van der Waals surface area contributed by atoms with E-state index >= 15 is 0 Å². The summed E-state index contributed by atoms with van der Waals surface area (Å²) >= 11 is 2.00. The van der Waals surface area contributed by atoms with Gasteiger partial charge in [0.25, 0.3) is 0 Å². The number of hydrogen-bond acceptors (Lipinski definition) is 5. The molecule has 1 aromatic rings. The Hall–Kier alpha value is -1.11. The molecule has 4 rings (SSSR count). The number of carbonyl (C=O) groups excluding carboxylic acids is 1. The number of thiophene rings is 1. The monoisotopic (exact) mass is 434 g/mol. The van der Waals surface area contributed by atoms with Crippen molar-refractivity contribution in [2.24, 2.45) is 11.8 Å². The summed E-state index contributed by atoms with van der Waals surface area (Å²) in [6.07, 6.45) is 6.27. The summed E-state index contributed by atoms with van der Waals surface area (Å²) in [6, 6.07) is 3.24. The van der Waals surface area contributed by atoms with Gasteiger partial charge in [0.05, 0.1) is 18.8 Å². The Bertz CT molecular complexity index is 743. The third-order valence-electron chi connectivity index (χ3n) is 7.06. The number of nitrogens with one attached hydrogen (secondary N) is 1. The number of carbonyl (C=O) groups is 1. The molecule has 2 fully saturated rings. The fourth-order valence-corrected chi connectivity index (χ4v) is 6.51. The summed E-state index contributed by atoms with van der Waals surface area (Å²) in [5.41, 5.74) is 1.44. The van der Waals surface area contributed by atoms with Crippen LogP contribution in [-0.4, -0.2) is 49.4 Å². The highest BCUT2D eigenvalue weighted by Gasteiger charge is 2.45. The number of aryl methyl sites for hydroxylation is 1. The largest absolute Gasteiger partial charge is 0.449 e. The molecule has 1 spiro atoms. The van der Waals surface area contributed by atoms with Gasteiger partial charge in [-0.05, 0) is 62.5 Å². The molecule has 5 nitrogen and oxygen atoms in total. The van der Waals surface area contributed by atoms with Gasteiger partial charge in [0, 0.05) is 41.3 Å². The lowest BCUT2D eigenvalue weighted by Gasteiger charge is -2.49. The van der Waals surface area contributed by atoms with Gasteiger partial charge in [-0.1, -0.05) is 20.8 Å². The van der Waals surface area contributed by atoms with E-state index in [9.17, 15) is 4.79 Å². The Labute approximate surface area is 185 Å². The third kappa shape index (κ3) is 4.71. The van der Waals surface area contributed by atoms with Crippen molar-refractivity contribution in [1.29, 1.82) is 0 Å². The van der Waals surface area contributed by atoms with Crippen molar-refractivity contribution in [3.8, 4) is 0 Å². The van der Waals surface area contributed by atoms with Gasteiger partial charge in [-0.3, -0.25) is 0 Å². The number of amides is 1. The van der Waals surface area contributed by atoms with Gasteiger partial charge in [0.1, 0.15) is 0 Å². The van der Waals surface area contributed by atoms with Crippen LogP contribution in [0.1, 0.15) is 68.7 Å². The van der Waals surface area contributed by atoms with Gasteiger partial charge >= 0.3 is 6.09 Å².